The number of carbonyl (C=O) groups excluding carboxylic acids is 1. The number of aromatic nitrogens is 3. The van der Waals surface area contributed by atoms with E-state index in [1.54, 1.807) is 0 Å². The zero-order valence-electron chi connectivity index (χ0n) is 10.8. The Kier molecular flexibility index (Phi) is 4.82. The fourth-order valence-electron chi connectivity index (χ4n) is 1.19. The van der Waals surface area contributed by atoms with Crippen LogP contribution in [0.25, 0.3) is 0 Å². The van der Waals surface area contributed by atoms with Gasteiger partial charge in [0.2, 0.25) is 5.91 Å². The van der Waals surface area contributed by atoms with Crippen LogP contribution in [0.5, 0.6) is 0 Å². The minimum atomic E-state index is -1.16. The molecule has 0 aliphatic heterocycles. The predicted molar refractivity (Wildman–Crippen MR) is 64.0 cm³/mol. The van der Waals surface area contributed by atoms with E-state index in [0.717, 1.165) is 0 Å². The van der Waals surface area contributed by atoms with Gasteiger partial charge < -0.3 is 10.4 Å². The van der Waals surface area contributed by atoms with Gasteiger partial charge in [0.25, 0.3) is 0 Å². The molecule has 0 aromatic carbocycles. The van der Waals surface area contributed by atoms with Gasteiger partial charge in [-0.05, 0) is 11.8 Å². The van der Waals surface area contributed by atoms with E-state index in [1.165, 1.54) is 10.9 Å². The van der Waals surface area contributed by atoms with Crippen LogP contribution in [0.2, 0.25) is 0 Å². The highest BCUT2D eigenvalue weighted by atomic mass is 16.4. The molecular formula is C11H18N4O3. The fraction of sp³-hybridized carbons (Fsp3) is 0.636. The number of nitrogens with zero attached hydrogens (tertiary/aromatic N) is 3. The molecule has 0 bridgehead atoms. The first-order valence-electron chi connectivity index (χ1n) is 5.80. The van der Waals surface area contributed by atoms with Crippen LogP contribution in [0.15, 0.2) is 6.20 Å². The van der Waals surface area contributed by atoms with Gasteiger partial charge in [-0.1, -0.05) is 26.0 Å². The zero-order valence-corrected chi connectivity index (χ0v) is 10.8. The lowest BCUT2D eigenvalue weighted by Crippen LogP contribution is -2.32. The molecule has 100 valence electrons. The summed E-state index contributed by atoms with van der Waals surface area (Å²) >= 11 is 0. The maximum Gasteiger partial charge on any atom is 0.358 e. The molecule has 0 saturated heterocycles. The molecule has 1 aromatic rings. The quantitative estimate of drug-likeness (QED) is 0.765. The van der Waals surface area contributed by atoms with Crippen molar-refractivity contribution in [3.8, 4) is 0 Å². The summed E-state index contributed by atoms with van der Waals surface area (Å²) in [6.07, 6.45) is 1.23. The van der Waals surface area contributed by atoms with Crippen LogP contribution in [0.1, 0.15) is 31.3 Å². The average molecular weight is 254 g/mol. The molecule has 0 aliphatic carbocycles. The Morgan fingerprint density at radius 3 is 2.61 bits per heavy atom. The molecule has 2 N–H and O–H groups in total. The first kappa shape index (κ1) is 14.1. The van der Waals surface area contributed by atoms with Gasteiger partial charge in [0.15, 0.2) is 5.69 Å². The van der Waals surface area contributed by atoms with Crippen molar-refractivity contribution in [3.63, 3.8) is 0 Å². The Morgan fingerprint density at radius 1 is 1.44 bits per heavy atom. The molecule has 1 amide bonds. The lowest BCUT2D eigenvalue weighted by atomic mass is 9.98. The molecule has 1 aromatic heterocycles. The van der Waals surface area contributed by atoms with Crippen LogP contribution in [-0.2, 0) is 11.3 Å². The van der Waals surface area contributed by atoms with E-state index in [1.807, 2.05) is 0 Å². The maximum absolute atomic E-state index is 11.6. The van der Waals surface area contributed by atoms with E-state index in [-0.39, 0.29) is 18.1 Å². The number of aromatic carboxylic acids is 1. The third kappa shape index (κ3) is 4.15. The summed E-state index contributed by atoms with van der Waals surface area (Å²) in [5, 5.41) is 18.4. The highest BCUT2D eigenvalue weighted by Crippen LogP contribution is 2.07. The van der Waals surface area contributed by atoms with E-state index in [9.17, 15) is 9.59 Å². The van der Waals surface area contributed by atoms with E-state index >= 15 is 0 Å². The minimum Gasteiger partial charge on any atom is -0.476 e. The van der Waals surface area contributed by atoms with E-state index in [2.05, 4.69) is 36.4 Å². The Balaban J connectivity index is 2.42. The molecule has 18 heavy (non-hydrogen) atoms. The van der Waals surface area contributed by atoms with Gasteiger partial charge in [0.1, 0.15) is 6.54 Å². The number of hydrogen-bond donors (Lipinski definition) is 2. The number of hydrogen-bond acceptors (Lipinski definition) is 4. The molecule has 1 heterocycles. The Labute approximate surface area is 105 Å². The Morgan fingerprint density at radius 2 is 2.11 bits per heavy atom. The van der Waals surface area contributed by atoms with Gasteiger partial charge in [-0.15, -0.1) is 5.10 Å². The van der Waals surface area contributed by atoms with Crippen molar-refractivity contribution in [2.45, 2.75) is 27.3 Å². The van der Waals surface area contributed by atoms with Crippen molar-refractivity contribution in [2.75, 3.05) is 6.54 Å². The van der Waals surface area contributed by atoms with Crippen LogP contribution < -0.4 is 5.32 Å². The van der Waals surface area contributed by atoms with Crippen molar-refractivity contribution in [3.05, 3.63) is 11.9 Å². The zero-order chi connectivity index (χ0) is 13.7. The van der Waals surface area contributed by atoms with Gasteiger partial charge >= 0.3 is 5.97 Å². The Bertz CT molecular complexity index is 428. The molecule has 1 atom stereocenters. The summed E-state index contributed by atoms with van der Waals surface area (Å²) in [6, 6.07) is 0. The first-order valence-corrected chi connectivity index (χ1v) is 5.80. The van der Waals surface area contributed by atoms with Crippen molar-refractivity contribution in [1.82, 2.24) is 20.3 Å². The highest BCUT2D eigenvalue weighted by molar-refractivity contribution is 5.84. The highest BCUT2D eigenvalue weighted by Gasteiger charge is 2.12. The molecule has 0 fully saturated rings. The van der Waals surface area contributed by atoms with E-state index in [4.69, 9.17) is 5.11 Å². The van der Waals surface area contributed by atoms with Gasteiger partial charge in [-0.25, -0.2) is 9.48 Å². The normalized spacial score (nSPS) is 12.4. The summed E-state index contributed by atoms with van der Waals surface area (Å²) in [5.41, 5.74) is -0.168. The molecule has 1 rings (SSSR count). The van der Waals surface area contributed by atoms with Crippen molar-refractivity contribution in [1.29, 1.82) is 0 Å². The lowest BCUT2D eigenvalue weighted by molar-refractivity contribution is -0.122. The van der Waals surface area contributed by atoms with Crippen LogP contribution in [-0.4, -0.2) is 38.5 Å². The van der Waals surface area contributed by atoms with Crippen LogP contribution in [0.4, 0.5) is 0 Å². The second-order valence-electron chi connectivity index (χ2n) is 4.63. The second kappa shape index (κ2) is 6.13. The van der Waals surface area contributed by atoms with Gasteiger partial charge in [-0.3, -0.25) is 4.79 Å². The summed E-state index contributed by atoms with van der Waals surface area (Å²) < 4.78 is 1.21. The molecule has 0 spiro atoms. The average Bonchev–Trinajstić information content (AvgIpc) is 2.74. The molecule has 7 heteroatoms. The van der Waals surface area contributed by atoms with Crippen molar-refractivity contribution in [2.24, 2.45) is 11.8 Å². The molecule has 1 unspecified atom stereocenters. The first-order chi connectivity index (χ1) is 8.40. The van der Waals surface area contributed by atoms with Gasteiger partial charge in [0.05, 0.1) is 6.20 Å². The lowest BCUT2D eigenvalue weighted by Gasteiger charge is -2.15. The van der Waals surface area contributed by atoms with Crippen LogP contribution in [0.3, 0.4) is 0 Å². The number of carboxylic acid groups (broad SMARTS) is 1. The van der Waals surface area contributed by atoms with Crippen molar-refractivity contribution < 1.29 is 14.7 Å². The van der Waals surface area contributed by atoms with Crippen LogP contribution in [0, 0.1) is 11.8 Å². The number of rotatable bonds is 6. The number of carbonyl (C=O) groups is 2. The summed E-state index contributed by atoms with van der Waals surface area (Å²) in [6.45, 7) is 6.81. The van der Waals surface area contributed by atoms with E-state index in [0.29, 0.717) is 18.4 Å². The van der Waals surface area contributed by atoms with Gasteiger partial charge in [0, 0.05) is 6.54 Å². The molecule has 0 radical (unpaired) electrons. The summed E-state index contributed by atoms with van der Waals surface area (Å²) in [7, 11) is 0. The molecular weight excluding hydrogens is 236 g/mol. The summed E-state index contributed by atoms with van der Waals surface area (Å²) in [5.74, 6) is -0.478. The topological polar surface area (TPSA) is 97.1 Å². The number of carboxylic acids is 1. The van der Waals surface area contributed by atoms with E-state index < -0.39 is 5.97 Å². The molecule has 0 saturated carbocycles. The maximum atomic E-state index is 11.6. The minimum absolute atomic E-state index is 0.0227. The van der Waals surface area contributed by atoms with Crippen molar-refractivity contribution >= 4 is 11.9 Å². The second-order valence-corrected chi connectivity index (χ2v) is 4.63. The predicted octanol–water partition coefficient (Wildman–Crippen LogP) is 0.385. The number of amides is 1. The third-order valence-electron chi connectivity index (χ3n) is 2.82. The summed E-state index contributed by atoms with van der Waals surface area (Å²) in [4.78, 5) is 22.1. The standard InChI is InChI=1S/C11H18N4O3/c1-7(2)8(3)4-12-10(16)6-15-5-9(11(17)18)13-14-15/h5,7-8H,4,6H2,1-3H3,(H,12,16)(H,17,18). The number of nitrogens with one attached hydrogen (secondary N) is 1. The fourth-order valence-corrected chi connectivity index (χ4v) is 1.19. The molecule has 7 nitrogen and oxygen atoms in total. The smallest absolute Gasteiger partial charge is 0.358 e. The monoisotopic (exact) mass is 254 g/mol. The third-order valence-corrected chi connectivity index (χ3v) is 2.82. The SMILES string of the molecule is CC(C)C(C)CNC(=O)Cn1cc(C(=O)O)nn1. The largest absolute Gasteiger partial charge is 0.476 e. The Hall–Kier alpha value is -1.92. The van der Waals surface area contributed by atoms with Gasteiger partial charge in [-0.2, -0.15) is 0 Å². The van der Waals surface area contributed by atoms with Crippen LogP contribution >= 0.6 is 0 Å². The molecule has 0 aliphatic rings.